The molecule has 2 rings (SSSR count). The van der Waals surface area contributed by atoms with Gasteiger partial charge >= 0.3 is 5.97 Å². The van der Waals surface area contributed by atoms with Crippen molar-refractivity contribution in [1.29, 1.82) is 0 Å². The molecule has 0 radical (unpaired) electrons. The van der Waals surface area contributed by atoms with Gasteiger partial charge < -0.3 is 10.4 Å². The molecule has 0 amide bonds. The van der Waals surface area contributed by atoms with E-state index in [0.29, 0.717) is 6.42 Å². The molecule has 1 aromatic carbocycles. The SMILES string of the molecule is Cc1ccccc1CC1(C(=O)O)CCCN1. The maximum atomic E-state index is 11.4. The number of hydrogen-bond donors (Lipinski definition) is 2. The lowest BCUT2D eigenvalue weighted by Gasteiger charge is -2.25. The summed E-state index contributed by atoms with van der Waals surface area (Å²) in [6, 6.07) is 7.99. The van der Waals surface area contributed by atoms with Crippen LogP contribution >= 0.6 is 0 Å². The average Bonchev–Trinajstić information content (AvgIpc) is 2.71. The van der Waals surface area contributed by atoms with Gasteiger partial charge in [0.2, 0.25) is 0 Å². The Balaban J connectivity index is 2.25. The van der Waals surface area contributed by atoms with E-state index in [9.17, 15) is 9.90 Å². The van der Waals surface area contributed by atoms with Gasteiger partial charge in [0.05, 0.1) is 0 Å². The first-order valence-electron chi connectivity index (χ1n) is 5.67. The van der Waals surface area contributed by atoms with Gasteiger partial charge in [-0.25, -0.2) is 0 Å². The second kappa shape index (κ2) is 4.26. The van der Waals surface area contributed by atoms with Crippen molar-refractivity contribution in [2.45, 2.75) is 31.7 Å². The molecule has 1 saturated heterocycles. The number of aryl methyl sites for hydroxylation is 1. The number of aliphatic carboxylic acids is 1. The van der Waals surface area contributed by atoms with Crippen molar-refractivity contribution >= 4 is 5.97 Å². The molecule has 0 aromatic heterocycles. The van der Waals surface area contributed by atoms with Crippen LogP contribution in [0.1, 0.15) is 24.0 Å². The number of benzene rings is 1. The Labute approximate surface area is 95.5 Å². The first-order chi connectivity index (χ1) is 7.64. The molecule has 1 aliphatic heterocycles. The summed E-state index contributed by atoms with van der Waals surface area (Å²) >= 11 is 0. The van der Waals surface area contributed by atoms with Crippen molar-refractivity contribution in [3.63, 3.8) is 0 Å². The summed E-state index contributed by atoms with van der Waals surface area (Å²) < 4.78 is 0. The molecular formula is C13H17NO2. The molecule has 0 bridgehead atoms. The van der Waals surface area contributed by atoms with Crippen LogP contribution in [-0.2, 0) is 11.2 Å². The predicted octanol–water partition coefficient (Wildman–Crippen LogP) is 1.74. The molecule has 86 valence electrons. The van der Waals surface area contributed by atoms with E-state index in [1.807, 2.05) is 31.2 Å². The zero-order chi connectivity index (χ0) is 11.6. The Kier molecular flexibility index (Phi) is 2.97. The van der Waals surface area contributed by atoms with Crippen LogP contribution in [0.5, 0.6) is 0 Å². The van der Waals surface area contributed by atoms with E-state index in [4.69, 9.17) is 0 Å². The monoisotopic (exact) mass is 219 g/mol. The van der Waals surface area contributed by atoms with Crippen LogP contribution in [0.2, 0.25) is 0 Å². The Bertz CT molecular complexity index is 395. The van der Waals surface area contributed by atoms with Crippen molar-refractivity contribution in [2.24, 2.45) is 0 Å². The topological polar surface area (TPSA) is 49.3 Å². The minimum Gasteiger partial charge on any atom is -0.480 e. The minimum atomic E-state index is -0.744. The van der Waals surface area contributed by atoms with E-state index < -0.39 is 11.5 Å². The predicted molar refractivity (Wildman–Crippen MR) is 62.5 cm³/mol. The lowest BCUT2D eigenvalue weighted by molar-refractivity contribution is -0.144. The van der Waals surface area contributed by atoms with Crippen LogP contribution in [0.15, 0.2) is 24.3 Å². The van der Waals surface area contributed by atoms with Gasteiger partial charge in [-0.1, -0.05) is 24.3 Å². The Morgan fingerprint density at radius 1 is 1.50 bits per heavy atom. The minimum absolute atomic E-state index is 0.578. The van der Waals surface area contributed by atoms with Crippen molar-refractivity contribution in [3.05, 3.63) is 35.4 Å². The smallest absolute Gasteiger partial charge is 0.324 e. The Hall–Kier alpha value is -1.35. The van der Waals surface area contributed by atoms with Gasteiger partial charge in [0.25, 0.3) is 0 Å². The van der Waals surface area contributed by atoms with Crippen LogP contribution in [0.3, 0.4) is 0 Å². The summed E-state index contributed by atoms with van der Waals surface area (Å²) in [5.41, 5.74) is 1.54. The van der Waals surface area contributed by atoms with E-state index in [0.717, 1.165) is 30.5 Å². The normalized spacial score (nSPS) is 24.6. The second-order valence-corrected chi connectivity index (χ2v) is 4.52. The van der Waals surface area contributed by atoms with Gasteiger partial charge in [0.1, 0.15) is 5.54 Å². The van der Waals surface area contributed by atoms with Crippen molar-refractivity contribution in [3.8, 4) is 0 Å². The summed E-state index contributed by atoms with van der Waals surface area (Å²) in [6.07, 6.45) is 2.24. The third kappa shape index (κ3) is 1.95. The Morgan fingerprint density at radius 2 is 2.25 bits per heavy atom. The molecule has 1 unspecified atom stereocenters. The first-order valence-corrected chi connectivity index (χ1v) is 5.67. The highest BCUT2D eigenvalue weighted by atomic mass is 16.4. The van der Waals surface area contributed by atoms with E-state index >= 15 is 0 Å². The van der Waals surface area contributed by atoms with Crippen LogP contribution in [-0.4, -0.2) is 23.2 Å². The van der Waals surface area contributed by atoms with Gasteiger partial charge in [-0.3, -0.25) is 4.79 Å². The maximum absolute atomic E-state index is 11.4. The van der Waals surface area contributed by atoms with Gasteiger partial charge in [0.15, 0.2) is 0 Å². The highest BCUT2D eigenvalue weighted by Crippen LogP contribution is 2.25. The maximum Gasteiger partial charge on any atom is 0.324 e. The van der Waals surface area contributed by atoms with E-state index in [1.165, 1.54) is 0 Å². The lowest BCUT2D eigenvalue weighted by atomic mass is 9.88. The second-order valence-electron chi connectivity index (χ2n) is 4.52. The molecule has 2 N–H and O–H groups in total. The molecule has 3 heteroatoms. The number of hydrogen-bond acceptors (Lipinski definition) is 2. The summed E-state index contributed by atoms with van der Waals surface area (Å²) in [4.78, 5) is 11.4. The van der Waals surface area contributed by atoms with E-state index in [-0.39, 0.29) is 0 Å². The van der Waals surface area contributed by atoms with Gasteiger partial charge in [-0.05, 0) is 37.4 Å². The number of rotatable bonds is 3. The number of carbonyl (C=O) groups is 1. The van der Waals surface area contributed by atoms with Crippen molar-refractivity contribution in [1.82, 2.24) is 5.32 Å². The van der Waals surface area contributed by atoms with Crippen LogP contribution in [0.25, 0.3) is 0 Å². The number of carboxylic acids is 1. The molecule has 16 heavy (non-hydrogen) atoms. The van der Waals surface area contributed by atoms with Gasteiger partial charge in [-0.15, -0.1) is 0 Å². The van der Waals surface area contributed by atoms with Crippen LogP contribution in [0, 0.1) is 6.92 Å². The molecule has 1 aromatic rings. The third-order valence-corrected chi connectivity index (χ3v) is 3.41. The zero-order valence-corrected chi connectivity index (χ0v) is 9.49. The first kappa shape index (κ1) is 11.1. The van der Waals surface area contributed by atoms with E-state index in [1.54, 1.807) is 0 Å². The molecule has 1 aliphatic rings. The van der Waals surface area contributed by atoms with Crippen molar-refractivity contribution < 1.29 is 9.90 Å². The molecule has 1 fully saturated rings. The lowest BCUT2D eigenvalue weighted by Crippen LogP contribution is -2.49. The molecule has 0 saturated carbocycles. The Morgan fingerprint density at radius 3 is 2.81 bits per heavy atom. The molecule has 0 spiro atoms. The molecular weight excluding hydrogens is 202 g/mol. The summed E-state index contributed by atoms with van der Waals surface area (Å²) in [6.45, 7) is 2.83. The number of nitrogens with one attached hydrogen (secondary N) is 1. The van der Waals surface area contributed by atoms with Gasteiger partial charge in [-0.2, -0.15) is 0 Å². The molecule has 1 atom stereocenters. The highest BCUT2D eigenvalue weighted by Gasteiger charge is 2.41. The van der Waals surface area contributed by atoms with Crippen LogP contribution < -0.4 is 5.32 Å². The standard InChI is InChI=1S/C13H17NO2/c1-10-5-2-3-6-11(10)9-13(12(15)16)7-4-8-14-13/h2-3,5-6,14H,4,7-9H2,1H3,(H,15,16). The quantitative estimate of drug-likeness (QED) is 0.814. The fraction of sp³-hybridized carbons (Fsp3) is 0.462. The van der Waals surface area contributed by atoms with Crippen LogP contribution in [0.4, 0.5) is 0 Å². The average molecular weight is 219 g/mol. The fourth-order valence-corrected chi connectivity index (χ4v) is 2.35. The van der Waals surface area contributed by atoms with E-state index in [2.05, 4.69) is 5.32 Å². The van der Waals surface area contributed by atoms with Crippen molar-refractivity contribution in [2.75, 3.05) is 6.54 Å². The molecule has 3 nitrogen and oxygen atoms in total. The highest BCUT2D eigenvalue weighted by molar-refractivity contribution is 5.79. The largest absolute Gasteiger partial charge is 0.480 e. The third-order valence-electron chi connectivity index (χ3n) is 3.41. The zero-order valence-electron chi connectivity index (χ0n) is 9.49. The number of carboxylic acid groups (broad SMARTS) is 1. The fourth-order valence-electron chi connectivity index (χ4n) is 2.35. The summed E-state index contributed by atoms with van der Waals surface area (Å²) in [5, 5.41) is 12.5. The summed E-state index contributed by atoms with van der Waals surface area (Å²) in [5.74, 6) is -0.728. The molecule has 1 heterocycles. The molecule has 0 aliphatic carbocycles. The summed E-state index contributed by atoms with van der Waals surface area (Å²) in [7, 11) is 0. The van der Waals surface area contributed by atoms with Gasteiger partial charge in [0, 0.05) is 6.42 Å².